The van der Waals surface area contributed by atoms with E-state index in [1.165, 1.54) is 11.1 Å². The van der Waals surface area contributed by atoms with E-state index in [1.54, 1.807) is 0 Å². The molecule has 0 fully saturated rings. The van der Waals surface area contributed by atoms with Crippen LogP contribution in [0.4, 0.5) is 0 Å². The van der Waals surface area contributed by atoms with Crippen molar-refractivity contribution in [2.75, 3.05) is 6.61 Å². The molecule has 2 nitrogen and oxygen atoms in total. The monoisotopic (exact) mass is 256 g/mol. The summed E-state index contributed by atoms with van der Waals surface area (Å²) in [5.41, 5.74) is 3.56. The van der Waals surface area contributed by atoms with E-state index in [1.807, 2.05) is 24.3 Å². The Balaban J connectivity index is 2.06. The Morgan fingerprint density at radius 2 is 1.84 bits per heavy atom. The Kier molecular flexibility index (Phi) is 4.99. The molecule has 0 aromatic heterocycles. The second-order valence-corrected chi connectivity index (χ2v) is 4.71. The van der Waals surface area contributed by atoms with Gasteiger partial charge in [-0.05, 0) is 37.0 Å². The summed E-state index contributed by atoms with van der Waals surface area (Å²) >= 11 is 0. The van der Waals surface area contributed by atoms with Crippen molar-refractivity contribution in [1.82, 2.24) is 0 Å². The molecule has 2 rings (SSSR count). The summed E-state index contributed by atoms with van der Waals surface area (Å²) in [6.07, 6.45) is 1.62. The number of hydrogen-bond acceptors (Lipinski definition) is 2. The maximum Gasteiger partial charge on any atom is 0.123 e. The molecule has 100 valence electrons. The van der Waals surface area contributed by atoms with Crippen molar-refractivity contribution in [2.45, 2.75) is 26.4 Å². The van der Waals surface area contributed by atoms with E-state index in [-0.39, 0.29) is 6.61 Å². The molecular weight excluding hydrogens is 236 g/mol. The second kappa shape index (κ2) is 6.95. The number of benzene rings is 2. The van der Waals surface area contributed by atoms with Crippen LogP contribution in [0.3, 0.4) is 0 Å². The minimum atomic E-state index is 0.214. The van der Waals surface area contributed by atoms with Gasteiger partial charge in [-0.1, -0.05) is 48.0 Å². The Labute approximate surface area is 114 Å². The van der Waals surface area contributed by atoms with Crippen LogP contribution in [0.25, 0.3) is 0 Å². The van der Waals surface area contributed by atoms with Crippen LogP contribution in [0, 0.1) is 6.92 Å². The molecule has 0 aliphatic heterocycles. The van der Waals surface area contributed by atoms with Gasteiger partial charge < -0.3 is 9.84 Å². The van der Waals surface area contributed by atoms with Gasteiger partial charge in [0.2, 0.25) is 0 Å². The summed E-state index contributed by atoms with van der Waals surface area (Å²) in [5.74, 6) is 0.919. The van der Waals surface area contributed by atoms with Crippen LogP contribution in [0.2, 0.25) is 0 Å². The minimum Gasteiger partial charge on any atom is -0.489 e. The van der Waals surface area contributed by atoms with Crippen LogP contribution >= 0.6 is 0 Å². The standard InChI is InChI=1S/C17H20O2/c1-14-9-10-17(16(12-14)8-5-11-18)19-13-15-6-3-2-4-7-15/h2-4,6-7,9-10,12,18H,5,8,11,13H2,1H3. The van der Waals surface area contributed by atoms with Crippen molar-refractivity contribution < 1.29 is 9.84 Å². The molecule has 0 saturated heterocycles. The Morgan fingerprint density at radius 1 is 1.05 bits per heavy atom. The average Bonchev–Trinajstić information content (AvgIpc) is 2.45. The maximum atomic E-state index is 8.95. The highest BCUT2D eigenvalue weighted by atomic mass is 16.5. The fourth-order valence-electron chi connectivity index (χ4n) is 2.05. The number of hydrogen-bond donors (Lipinski definition) is 1. The summed E-state index contributed by atoms with van der Waals surface area (Å²) < 4.78 is 5.89. The third kappa shape index (κ3) is 4.11. The van der Waals surface area contributed by atoms with Gasteiger partial charge in [-0.25, -0.2) is 0 Å². The molecule has 0 heterocycles. The number of aliphatic hydroxyl groups excluding tert-OH is 1. The van der Waals surface area contributed by atoms with Gasteiger partial charge in [0.15, 0.2) is 0 Å². The third-order valence-corrected chi connectivity index (χ3v) is 3.06. The van der Waals surface area contributed by atoms with Crippen LogP contribution in [-0.2, 0) is 13.0 Å². The van der Waals surface area contributed by atoms with Crippen molar-refractivity contribution in [3.8, 4) is 5.75 Å². The van der Waals surface area contributed by atoms with Gasteiger partial charge in [0.05, 0.1) is 0 Å². The van der Waals surface area contributed by atoms with E-state index in [4.69, 9.17) is 9.84 Å². The van der Waals surface area contributed by atoms with E-state index in [0.717, 1.165) is 24.2 Å². The predicted molar refractivity (Wildman–Crippen MR) is 77.4 cm³/mol. The van der Waals surface area contributed by atoms with Gasteiger partial charge in [0.25, 0.3) is 0 Å². The van der Waals surface area contributed by atoms with Crippen molar-refractivity contribution in [3.05, 3.63) is 65.2 Å². The highest BCUT2D eigenvalue weighted by molar-refractivity contribution is 5.37. The lowest BCUT2D eigenvalue weighted by Crippen LogP contribution is -2.00. The molecule has 0 aliphatic carbocycles. The van der Waals surface area contributed by atoms with Gasteiger partial charge in [-0.15, -0.1) is 0 Å². The SMILES string of the molecule is Cc1ccc(OCc2ccccc2)c(CCCO)c1. The molecule has 0 unspecified atom stereocenters. The highest BCUT2D eigenvalue weighted by Crippen LogP contribution is 2.22. The summed E-state index contributed by atoms with van der Waals surface area (Å²) in [5, 5.41) is 8.95. The van der Waals surface area contributed by atoms with Gasteiger partial charge in [-0.2, -0.15) is 0 Å². The van der Waals surface area contributed by atoms with Crippen LogP contribution in [0.15, 0.2) is 48.5 Å². The zero-order chi connectivity index (χ0) is 13.5. The number of rotatable bonds is 6. The van der Waals surface area contributed by atoms with Crippen LogP contribution in [-0.4, -0.2) is 11.7 Å². The van der Waals surface area contributed by atoms with Crippen molar-refractivity contribution in [2.24, 2.45) is 0 Å². The molecule has 0 amide bonds. The molecule has 2 aromatic rings. The van der Waals surface area contributed by atoms with E-state index >= 15 is 0 Å². The van der Waals surface area contributed by atoms with E-state index in [2.05, 4.69) is 31.2 Å². The second-order valence-electron chi connectivity index (χ2n) is 4.71. The Bertz CT molecular complexity index is 506. The minimum absolute atomic E-state index is 0.214. The van der Waals surface area contributed by atoms with Gasteiger partial charge in [-0.3, -0.25) is 0 Å². The first-order chi connectivity index (χ1) is 9.29. The van der Waals surface area contributed by atoms with Gasteiger partial charge in [0.1, 0.15) is 12.4 Å². The molecule has 0 atom stereocenters. The Hall–Kier alpha value is -1.80. The average molecular weight is 256 g/mol. The molecule has 1 N–H and O–H groups in total. The van der Waals surface area contributed by atoms with Crippen molar-refractivity contribution >= 4 is 0 Å². The third-order valence-electron chi connectivity index (χ3n) is 3.06. The maximum absolute atomic E-state index is 8.95. The zero-order valence-electron chi connectivity index (χ0n) is 11.3. The first-order valence-electron chi connectivity index (χ1n) is 6.66. The lowest BCUT2D eigenvalue weighted by Gasteiger charge is -2.12. The summed E-state index contributed by atoms with van der Waals surface area (Å²) in [4.78, 5) is 0. The number of aryl methyl sites for hydroxylation is 2. The van der Waals surface area contributed by atoms with Crippen LogP contribution < -0.4 is 4.74 Å². The first-order valence-corrected chi connectivity index (χ1v) is 6.66. The van der Waals surface area contributed by atoms with E-state index in [0.29, 0.717) is 6.61 Å². The normalized spacial score (nSPS) is 10.4. The molecular formula is C17H20O2. The smallest absolute Gasteiger partial charge is 0.123 e. The number of ether oxygens (including phenoxy) is 1. The topological polar surface area (TPSA) is 29.5 Å². The number of aliphatic hydroxyl groups is 1. The molecule has 2 aromatic carbocycles. The largest absolute Gasteiger partial charge is 0.489 e. The van der Waals surface area contributed by atoms with Crippen molar-refractivity contribution in [1.29, 1.82) is 0 Å². The lowest BCUT2D eigenvalue weighted by atomic mass is 10.1. The molecule has 19 heavy (non-hydrogen) atoms. The molecule has 0 aliphatic rings. The molecule has 0 spiro atoms. The lowest BCUT2D eigenvalue weighted by molar-refractivity contribution is 0.283. The van der Waals surface area contributed by atoms with E-state index < -0.39 is 0 Å². The predicted octanol–water partition coefficient (Wildman–Crippen LogP) is 3.50. The van der Waals surface area contributed by atoms with Crippen LogP contribution in [0.5, 0.6) is 5.75 Å². The highest BCUT2D eigenvalue weighted by Gasteiger charge is 2.04. The summed E-state index contributed by atoms with van der Waals surface area (Å²) in [6.45, 7) is 2.87. The fraction of sp³-hybridized carbons (Fsp3) is 0.294. The van der Waals surface area contributed by atoms with Crippen LogP contribution in [0.1, 0.15) is 23.1 Å². The Morgan fingerprint density at radius 3 is 2.58 bits per heavy atom. The molecule has 0 bridgehead atoms. The van der Waals surface area contributed by atoms with Gasteiger partial charge >= 0.3 is 0 Å². The van der Waals surface area contributed by atoms with E-state index in [9.17, 15) is 0 Å². The quantitative estimate of drug-likeness (QED) is 0.857. The first kappa shape index (κ1) is 13.6. The molecule has 2 heteroatoms. The molecule has 0 radical (unpaired) electrons. The molecule has 0 saturated carbocycles. The van der Waals surface area contributed by atoms with Gasteiger partial charge in [0, 0.05) is 6.61 Å². The summed E-state index contributed by atoms with van der Waals surface area (Å²) in [7, 11) is 0. The summed E-state index contributed by atoms with van der Waals surface area (Å²) in [6, 6.07) is 16.4. The zero-order valence-corrected chi connectivity index (χ0v) is 11.3. The van der Waals surface area contributed by atoms with Crippen molar-refractivity contribution in [3.63, 3.8) is 0 Å². The fourth-order valence-corrected chi connectivity index (χ4v) is 2.05.